The van der Waals surface area contributed by atoms with Crippen LogP contribution in [0.25, 0.3) is 10.4 Å². The Balaban J connectivity index is 1.67. The molecule has 2 N–H and O–H groups in total. The molecule has 2 atom stereocenters. The number of amides is 1. The van der Waals surface area contributed by atoms with Crippen molar-refractivity contribution in [2.75, 3.05) is 19.8 Å². The Morgan fingerprint density at radius 1 is 1.20 bits per heavy atom. The van der Waals surface area contributed by atoms with Gasteiger partial charge in [-0.25, -0.2) is 4.99 Å². The van der Waals surface area contributed by atoms with E-state index in [1.807, 2.05) is 24.3 Å². The second-order valence-corrected chi connectivity index (χ2v) is 9.60. The van der Waals surface area contributed by atoms with E-state index in [2.05, 4.69) is 21.9 Å². The van der Waals surface area contributed by atoms with E-state index in [1.165, 1.54) is 0 Å². The summed E-state index contributed by atoms with van der Waals surface area (Å²) in [6.45, 7) is 4.70. The number of nitrogens with zero attached hydrogens (tertiary/aromatic N) is 4. The first-order valence-electron chi connectivity index (χ1n) is 12.9. The summed E-state index contributed by atoms with van der Waals surface area (Å²) in [6.07, 6.45) is 2.07. The Morgan fingerprint density at radius 3 is 2.65 bits per heavy atom. The van der Waals surface area contributed by atoms with Crippen molar-refractivity contribution in [3.8, 4) is 5.75 Å². The lowest BCUT2D eigenvalue weighted by atomic mass is 9.83. The highest BCUT2D eigenvalue weighted by Crippen LogP contribution is 2.45. The molecule has 1 heterocycles. The summed E-state index contributed by atoms with van der Waals surface area (Å²) < 4.78 is 12.0. The Morgan fingerprint density at radius 2 is 1.95 bits per heavy atom. The van der Waals surface area contributed by atoms with Crippen molar-refractivity contribution < 1.29 is 19.4 Å². The molecule has 3 aromatic carbocycles. The molecule has 4 rings (SSSR count). The number of azide groups is 1. The molecular weight excluding hydrogens is 530 g/mol. The average Bonchev–Trinajstić information content (AvgIpc) is 3.35. The van der Waals surface area contributed by atoms with Gasteiger partial charge in [0.05, 0.1) is 6.61 Å². The van der Waals surface area contributed by atoms with Crippen molar-refractivity contribution in [1.82, 2.24) is 5.32 Å². The summed E-state index contributed by atoms with van der Waals surface area (Å²) in [5, 5.41) is 16.5. The fraction of sp³-hybridized carbons (Fsp3) is 0.267. The number of rotatable bonds is 13. The van der Waals surface area contributed by atoms with Gasteiger partial charge in [-0.05, 0) is 53.9 Å². The van der Waals surface area contributed by atoms with Gasteiger partial charge >= 0.3 is 0 Å². The number of carbonyl (C=O) groups excluding carboxylic acids is 1. The maximum absolute atomic E-state index is 13.9. The zero-order chi connectivity index (χ0) is 28.4. The van der Waals surface area contributed by atoms with Crippen LogP contribution in [0, 0.1) is 0 Å². The van der Waals surface area contributed by atoms with E-state index in [9.17, 15) is 4.79 Å². The molecule has 0 bridgehead atoms. The number of aliphatic imine (C=N–C) groups is 1. The zero-order valence-electron chi connectivity index (χ0n) is 21.9. The zero-order valence-corrected chi connectivity index (χ0v) is 22.6. The molecule has 206 valence electrons. The van der Waals surface area contributed by atoms with Gasteiger partial charge in [0.25, 0.3) is 5.91 Å². The summed E-state index contributed by atoms with van der Waals surface area (Å²) in [5.74, 6) is 0.580. The number of halogens is 1. The molecule has 1 aliphatic rings. The summed E-state index contributed by atoms with van der Waals surface area (Å²) >= 11 is 5.99. The van der Waals surface area contributed by atoms with E-state index in [-0.39, 0.29) is 24.8 Å². The monoisotopic (exact) mass is 559 g/mol. The lowest BCUT2D eigenvalue weighted by molar-refractivity contribution is -0.128. The number of nitrogens with one attached hydrogen (secondary N) is 1. The smallest absolute Gasteiger partial charge is 0.252 e. The molecule has 0 aliphatic carbocycles. The van der Waals surface area contributed by atoms with Gasteiger partial charge in [-0.2, -0.15) is 0 Å². The van der Waals surface area contributed by atoms with Gasteiger partial charge < -0.3 is 19.9 Å². The largest absolute Gasteiger partial charge is 0.494 e. The standard InChI is InChI=1S/C30H30ClN5O4/c1-2-17-30(29(38)33-18-16-21-8-12-23(31)13-9-21)27(25-6-3-4-7-26(25)35-36-32)40-28(34-30)22-10-14-24(15-11-22)39-20-5-19-37/h2-4,6-15,27,37H,1,5,16-20H2,(H,33,38)/t27-,30-/m1/s1. The Bertz CT molecular complexity index is 1400. The van der Waals surface area contributed by atoms with E-state index in [0.717, 1.165) is 5.56 Å². The molecular formula is C30H30ClN5O4. The minimum atomic E-state index is -1.39. The Hall–Kier alpha value is -4.30. The third-order valence-electron chi connectivity index (χ3n) is 6.47. The van der Waals surface area contributed by atoms with Crippen molar-refractivity contribution in [1.29, 1.82) is 0 Å². The minimum Gasteiger partial charge on any atom is -0.494 e. The Labute approximate surface area is 237 Å². The van der Waals surface area contributed by atoms with Gasteiger partial charge in [0, 0.05) is 52.7 Å². The Kier molecular flexibility index (Phi) is 9.81. The second-order valence-electron chi connectivity index (χ2n) is 9.16. The summed E-state index contributed by atoms with van der Waals surface area (Å²) in [4.78, 5) is 21.7. The second kappa shape index (κ2) is 13.7. The predicted molar refractivity (Wildman–Crippen MR) is 155 cm³/mol. The molecule has 10 heteroatoms. The van der Waals surface area contributed by atoms with Crippen molar-refractivity contribution >= 4 is 29.1 Å². The van der Waals surface area contributed by atoms with E-state index >= 15 is 0 Å². The highest BCUT2D eigenvalue weighted by Gasteiger charge is 2.52. The van der Waals surface area contributed by atoms with Crippen molar-refractivity contribution in [3.63, 3.8) is 0 Å². The fourth-order valence-electron chi connectivity index (χ4n) is 4.49. The van der Waals surface area contributed by atoms with Crippen LogP contribution in [0.5, 0.6) is 5.75 Å². The minimum absolute atomic E-state index is 0.0502. The molecule has 0 aromatic heterocycles. The molecule has 0 radical (unpaired) electrons. The van der Waals surface area contributed by atoms with Gasteiger partial charge in [0.2, 0.25) is 5.90 Å². The molecule has 0 spiro atoms. The quantitative estimate of drug-likeness (QED) is 0.0844. The molecule has 0 saturated heterocycles. The highest BCUT2D eigenvalue weighted by atomic mass is 35.5. The van der Waals surface area contributed by atoms with Crippen LogP contribution in [-0.4, -0.2) is 42.2 Å². The molecule has 0 saturated carbocycles. The van der Waals surface area contributed by atoms with Crippen LogP contribution < -0.4 is 10.1 Å². The van der Waals surface area contributed by atoms with Crippen LogP contribution in [-0.2, 0) is 16.0 Å². The number of ether oxygens (including phenoxy) is 2. The molecule has 0 fully saturated rings. The molecule has 0 unspecified atom stereocenters. The maximum atomic E-state index is 13.9. The number of aliphatic hydroxyl groups excluding tert-OH is 1. The van der Waals surface area contributed by atoms with Crippen LogP contribution in [0.3, 0.4) is 0 Å². The van der Waals surface area contributed by atoms with Crippen LogP contribution >= 0.6 is 11.6 Å². The van der Waals surface area contributed by atoms with Crippen LogP contribution in [0.4, 0.5) is 5.69 Å². The first kappa shape index (κ1) is 28.7. The van der Waals surface area contributed by atoms with Crippen LogP contribution in [0.1, 0.15) is 35.6 Å². The predicted octanol–water partition coefficient (Wildman–Crippen LogP) is 6.23. The van der Waals surface area contributed by atoms with E-state index in [1.54, 1.807) is 54.6 Å². The highest BCUT2D eigenvalue weighted by molar-refractivity contribution is 6.30. The average molecular weight is 560 g/mol. The van der Waals surface area contributed by atoms with Crippen LogP contribution in [0.15, 0.2) is 95.6 Å². The van der Waals surface area contributed by atoms with Gasteiger partial charge in [-0.1, -0.05) is 59.2 Å². The third-order valence-corrected chi connectivity index (χ3v) is 6.72. The van der Waals surface area contributed by atoms with E-state index < -0.39 is 11.6 Å². The van der Waals surface area contributed by atoms with Gasteiger partial charge in [-0.15, -0.1) is 6.58 Å². The van der Waals surface area contributed by atoms with Crippen LogP contribution in [0.2, 0.25) is 5.02 Å². The summed E-state index contributed by atoms with van der Waals surface area (Å²) in [5.41, 5.74) is 10.3. The molecule has 9 nitrogen and oxygen atoms in total. The fourth-order valence-corrected chi connectivity index (χ4v) is 4.61. The number of benzene rings is 3. The maximum Gasteiger partial charge on any atom is 0.252 e. The molecule has 3 aromatic rings. The first-order chi connectivity index (χ1) is 19.5. The lowest BCUT2D eigenvalue weighted by Crippen LogP contribution is -2.48. The normalized spacial score (nSPS) is 17.8. The number of hydrogen-bond donors (Lipinski definition) is 2. The molecule has 40 heavy (non-hydrogen) atoms. The van der Waals surface area contributed by atoms with E-state index in [4.69, 9.17) is 36.7 Å². The number of hydrogen-bond acceptors (Lipinski definition) is 6. The number of carbonyl (C=O) groups is 1. The van der Waals surface area contributed by atoms with E-state index in [0.29, 0.717) is 53.6 Å². The third kappa shape index (κ3) is 6.63. The lowest BCUT2D eigenvalue weighted by Gasteiger charge is -2.30. The van der Waals surface area contributed by atoms with Crippen molar-refractivity contribution in [2.24, 2.45) is 10.1 Å². The number of aliphatic hydroxyl groups is 1. The first-order valence-corrected chi connectivity index (χ1v) is 13.3. The topological polar surface area (TPSA) is 129 Å². The molecule has 1 aliphatic heterocycles. The van der Waals surface area contributed by atoms with Gasteiger partial charge in [0.15, 0.2) is 11.6 Å². The summed E-state index contributed by atoms with van der Waals surface area (Å²) in [6, 6.07) is 21.6. The van der Waals surface area contributed by atoms with Crippen molar-refractivity contribution in [2.45, 2.75) is 30.9 Å². The molecule has 1 amide bonds. The SMILES string of the molecule is C=CC[C@@]1(C(=O)NCCc2ccc(Cl)cc2)N=C(c2ccc(OCCCO)cc2)O[C@@H]1c1ccccc1N=[N+]=[N-]. The van der Waals surface area contributed by atoms with Crippen molar-refractivity contribution in [3.05, 3.63) is 118 Å². The summed E-state index contributed by atoms with van der Waals surface area (Å²) in [7, 11) is 0. The van der Waals surface area contributed by atoms with Gasteiger partial charge in [0.1, 0.15) is 5.75 Å². The van der Waals surface area contributed by atoms with Gasteiger partial charge in [-0.3, -0.25) is 4.79 Å².